The number of aromatic nitrogens is 1. The molecule has 0 atom stereocenters. The second kappa shape index (κ2) is 9.39. The van der Waals surface area contributed by atoms with E-state index in [2.05, 4.69) is 29.7 Å². The number of fused-ring (bicyclic) bond motifs is 1. The Bertz CT molecular complexity index is 1030. The molecule has 1 amide bonds. The van der Waals surface area contributed by atoms with Crippen LogP contribution >= 0.6 is 12.4 Å². The second-order valence-electron chi connectivity index (χ2n) is 7.67. The highest BCUT2D eigenvalue weighted by molar-refractivity contribution is 5.94. The number of carbonyl (C=O) groups is 1. The molecule has 158 valence electrons. The molecule has 3 aromatic rings. The molecule has 0 aliphatic heterocycles. The second-order valence-corrected chi connectivity index (χ2v) is 7.67. The fraction of sp³-hybridized carbons (Fsp3) is 0.304. The number of carbonyl (C=O) groups excluding carboxylic acids is 1. The molecule has 30 heavy (non-hydrogen) atoms. The Hall–Kier alpha value is -2.73. The molecule has 2 N–H and O–H groups in total. The van der Waals surface area contributed by atoms with Crippen molar-refractivity contribution in [2.24, 2.45) is 0 Å². The molecule has 7 heteroatoms. The lowest BCUT2D eigenvalue weighted by atomic mass is 9.91. The predicted molar refractivity (Wildman–Crippen MR) is 117 cm³/mol. The summed E-state index contributed by atoms with van der Waals surface area (Å²) in [5.74, 6) is -1.07. The third kappa shape index (κ3) is 5.05. The number of hydrogen-bond acceptors (Lipinski definition) is 3. The van der Waals surface area contributed by atoms with Gasteiger partial charge in [0.05, 0.1) is 5.52 Å². The molecule has 0 bridgehead atoms. The molecule has 0 radical (unpaired) electrons. The number of pyridine rings is 1. The maximum Gasteiger partial charge on any atom is 0.251 e. The van der Waals surface area contributed by atoms with Crippen LogP contribution in [0.3, 0.4) is 0 Å². The number of nitrogens with one attached hydrogen (secondary N) is 2. The van der Waals surface area contributed by atoms with Gasteiger partial charge in [0.15, 0.2) is 0 Å². The number of rotatable bonds is 4. The summed E-state index contributed by atoms with van der Waals surface area (Å²) >= 11 is 0. The Morgan fingerprint density at radius 3 is 2.30 bits per heavy atom. The van der Waals surface area contributed by atoms with Gasteiger partial charge in [-0.1, -0.05) is 18.2 Å². The van der Waals surface area contributed by atoms with Crippen LogP contribution in [0.15, 0.2) is 48.5 Å². The quantitative estimate of drug-likeness (QED) is 0.581. The molecule has 0 spiro atoms. The topological polar surface area (TPSA) is 54.0 Å². The van der Waals surface area contributed by atoms with Crippen molar-refractivity contribution in [3.8, 4) is 0 Å². The lowest BCUT2D eigenvalue weighted by molar-refractivity contribution is 0.0925. The molecular formula is C23H24ClF2N3O. The third-order valence-electron chi connectivity index (χ3n) is 5.46. The van der Waals surface area contributed by atoms with Gasteiger partial charge in [0, 0.05) is 29.1 Å². The van der Waals surface area contributed by atoms with Gasteiger partial charge in [0.1, 0.15) is 17.5 Å². The first-order chi connectivity index (χ1) is 14.0. The van der Waals surface area contributed by atoms with E-state index in [1.165, 1.54) is 5.56 Å². The first-order valence-corrected chi connectivity index (χ1v) is 9.88. The van der Waals surface area contributed by atoms with Crippen molar-refractivity contribution >= 4 is 35.0 Å². The summed E-state index contributed by atoms with van der Waals surface area (Å²) in [5.41, 5.74) is 2.17. The molecule has 1 aliphatic carbocycles. The predicted octanol–water partition coefficient (Wildman–Crippen LogP) is 5.40. The van der Waals surface area contributed by atoms with E-state index < -0.39 is 17.5 Å². The smallest absolute Gasteiger partial charge is 0.251 e. The normalized spacial score (nSPS) is 18.5. The Kier molecular flexibility index (Phi) is 6.87. The van der Waals surface area contributed by atoms with Crippen molar-refractivity contribution in [1.82, 2.24) is 10.3 Å². The first kappa shape index (κ1) is 22.0. The summed E-state index contributed by atoms with van der Waals surface area (Å²) in [6.45, 7) is 2.08. The molecule has 4 nitrogen and oxygen atoms in total. The molecular weight excluding hydrogens is 408 g/mol. The van der Waals surface area contributed by atoms with E-state index in [1.807, 2.05) is 18.2 Å². The van der Waals surface area contributed by atoms with Crippen LogP contribution in [0.25, 0.3) is 10.9 Å². The molecule has 1 saturated carbocycles. The van der Waals surface area contributed by atoms with Crippen molar-refractivity contribution in [3.63, 3.8) is 0 Å². The molecule has 4 rings (SSSR count). The van der Waals surface area contributed by atoms with E-state index in [1.54, 1.807) is 0 Å². The number of nitrogens with zero attached hydrogens (tertiary/aromatic N) is 1. The number of benzene rings is 2. The van der Waals surface area contributed by atoms with Crippen molar-refractivity contribution in [3.05, 3.63) is 71.3 Å². The highest BCUT2D eigenvalue weighted by Crippen LogP contribution is 2.25. The van der Waals surface area contributed by atoms with Gasteiger partial charge in [0.25, 0.3) is 5.91 Å². The van der Waals surface area contributed by atoms with E-state index in [0.717, 1.165) is 60.6 Å². The average molecular weight is 432 g/mol. The summed E-state index contributed by atoms with van der Waals surface area (Å²) in [6, 6.07) is 13.3. The van der Waals surface area contributed by atoms with Crippen molar-refractivity contribution in [1.29, 1.82) is 0 Å². The lowest BCUT2D eigenvalue weighted by Gasteiger charge is -2.30. The lowest BCUT2D eigenvalue weighted by Crippen LogP contribution is -2.40. The zero-order valence-corrected chi connectivity index (χ0v) is 17.4. The molecule has 1 heterocycles. The molecule has 1 fully saturated rings. The average Bonchev–Trinajstić information content (AvgIpc) is 2.69. The Labute approximate surface area is 180 Å². The third-order valence-corrected chi connectivity index (χ3v) is 5.46. The summed E-state index contributed by atoms with van der Waals surface area (Å²) in [5, 5.41) is 7.55. The van der Waals surface area contributed by atoms with Crippen LogP contribution in [0.1, 0.15) is 41.6 Å². The van der Waals surface area contributed by atoms with Crippen LogP contribution in [0.5, 0.6) is 0 Å². The van der Waals surface area contributed by atoms with E-state index >= 15 is 0 Å². The van der Waals surface area contributed by atoms with Gasteiger partial charge in [-0.05, 0) is 62.4 Å². The number of aryl methyl sites for hydroxylation is 1. The fourth-order valence-electron chi connectivity index (χ4n) is 3.97. The molecule has 1 aliphatic rings. The summed E-state index contributed by atoms with van der Waals surface area (Å²) in [6.07, 6.45) is 3.37. The summed E-state index contributed by atoms with van der Waals surface area (Å²) < 4.78 is 26.6. The number of hydrogen-bond donors (Lipinski definition) is 2. The van der Waals surface area contributed by atoms with Gasteiger partial charge >= 0.3 is 0 Å². The molecule has 2 aromatic carbocycles. The van der Waals surface area contributed by atoms with Gasteiger partial charge in [-0.3, -0.25) is 4.79 Å². The first-order valence-electron chi connectivity index (χ1n) is 9.88. The maximum absolute atomic E-state index is 13.3. The van der Waals surface area contributed by atoms with Crippen LogP contribution in [0.4, 0.5) is 14.6 Å². The van der Waals surface area contributed by atoms with Gasteiger partial charge < -0.3 is 10.6 Å². The highest BCUT2D eigenvalue weighted by Gasteiger charge is 2.23. The summed E-state index contributed by atoms with van der Waals surface area (Å²) in [4.78, 5) is 17.0. The number of anilines is 1. The van der Waals surface area contributed by atoms with Crippen LogP contribution in [0, 0.1) is 18.6 Å². The SMILES string of the molecule is Cc1cc(N[C@H]2CC[C@@H](NC(=O)c3cc(F)cc(F)c3)CC2)nc2ccccc12.Cl. The van der Waals surface area contributed by atoms with Gasteiger partial charge in [-0.25, -0.2) is 13.8 Å². The van der Waals surface area contributed by atoms with Crippen LogP contribution in [-0.4, -0.2) is 23.0 Å². The van der Waals surface area contributed by atoms with Crippen molar-refractivity contribution in [2.75, 3.05) is 5.32 Å². The van der Waals surface area contributed by atoms with Crippen LogP contribution < -0.4 is 10.6 Å². The van der Waals surface area contributed by atoms with Gasteiger partial charge in [0.2, 0.25) is 0 Å². The van der Waals surface area contributed by atoms with E-state index in [9.17, 15) is 13.6 Å². The zero-order valence-electron chi connectivity index (χ0n) is 16.6. The maximum atomic E-state index is 13.3. The Morgan fingerprint density at radius 1 is 0.967 bits per heavy atom. The number of amides is 1. The van der Waals surface area contributed by atoms with Gasteiger partial charge in [-0.2, -0.15) is 0 Å². The Balaban J connectivity index is 0.00000256. The monoisotopic (exact) mass is 431 g/mol. The van der Waals surface area contributed by atoms with Gasteiger partial charge in [-0.15, -0.1) is 12.4 Å². The van der Waals surface area contributed by atoms with E-state index in [-0.39, 0.29) is 30.1 Å². The minimum Gasteiger partial charge on any atom is -0.367 e. The van der Waals surface area contributed by atoms with Crippen LogP contribution in [0.2, 0.25) is 0 Å². The largest absolute Gasteiger partial charge is 0.367 e. The fourth-order valence-corrected chi connectivity index (χ4v) is 3.97. The minimum atomic E-state index is -0.749. The van der Waals surface area contributed by atoms with Crippen molar-refractivity contribution in [2.45, 2.75) is 44.7 Å². The van der Waals surface area contributed by atoms with Crippen molar-refractivity contribution < 1.29 is 13.6 Å². The highest BCUT2D eigenvalue weighted by atomic mass is 35.5. The Morgan fingerprint density at radius 2 is 1.60 bits per heavy atom. The molecule has 0 unspecified atom stereocenters. The molecule has 0 saturated heterocycles. The standard InChI is InChI=1S/C23H23F2N3O.ClH/c1-14-10-22(28-21-5-3-2-4-20(14)21)26-18-6-8-19(9-7-18)27-23(29)15-11-16(24)13-17(25)12-15;/h2-5,10-13,18-19H,6-9H2,1H3,(H,26,28)(H,27,29);1H/t18-,19+;. The summed E-state index contributed by atoms with van der Waals surface area (Å²) in [7, 11) is 0. The minimum absolute atomic E-state index is 0. The van der Waals surface area contributed by atoms with E-state index in [0.29, 0.717) is 0 Å². The zero-order chi connectivity index (χ0) is 20.4. The number of halogens is 3. The molecule has 1 aromatic heterocycles. The van der Waals surface area contributed by atoms with E-state index in [4.69, 9.17) is 4.98 Å². The van der Waals surface area contributed by atoms with Crippen LogP contribution in [-0.2, 0) is 0 Å². The number of para-hydroxylation sites is 1.